The van der Waals surface area contributed by atoms with Gasteiger partial charge in [0.1, 0.15) is 5.82 Å². The fourth-order valence-electron chi connectivity index (χ4n) is 1.47. The Morgan fingerprint density at radius 1 is 1.23 bits per heavy atom. The molecule has 0 aliphatic carbocycles. The number of aryl methyl sites for hydroxylation is 1. The lowest BCUT2D eigenvalue weighted by molar-refractivity contribution is 0.281. The van der Waals surface area contributed by atoms with Gasteiger partial charge in [0.25, 0.3) is 0 Å². The highest BCUT2D eigenvalue weighted by atomic mass is 35.5. The SMILES string of the molecule is CC(Cl)c1cnc(CCCO[Si](C)(C)C(C)(C)C)nc1.[B]C. The molecule has 0 N–H and O–H groups in total. The molecule has 0 aromatic carbocycles. The fraction of sp³-hybridized carbons (Fsp3) is 0.750. The molecule has 0 amide bonds. The molecule has 1 heterocycles. The molecule has 0 fully saturated rings. The monoisotopic (exact) mass is 340 g/mol. The van der Waals surface area contributed by atoms with Crippen molar-refractivity contribution in [3.05, 3.63) is 23.8 Å². The van der Waals surface area contributed by atoms with Crippen molar-refractivity contribution in [3.8, 4) is 0 Å². The molecule has 1 rings (SSSR count). The maximum atomic E-state index is 6.14. The predicted molar refractivity (Wildman–Crippen MR) is 99.4 cm³/mol. The molecule has 0 saturated heterocycles. The largest absolute Gasteiger partial charge is 0.417 e. The van der Waals surface area contributed by atoms with E-state index in [4.69, 9.17) is 16.0 Å². The van der Waals surface area contributed by atoms with Crippen molar-refractivity contribution in [2.24, 2.45) is 0 Å². The Morgan fingerprint density at radius 3 is 2.14 bits per heavy atom. The van der Waals surface area contributed by atoms with E-state index in [0.717, 1.165) is 30.8 Å². The number of halogens is 1. The molecule has 1 atom stereocenters. The minimum absolute atomic E-state index is 0.0361. The molecule has 22 heavy (non-hydrogen) atoms. The minimum Gasteiger partial charge on any atom is -0.417 e. The van der Waals surface area contributed by atoms with Gasteiger partial charge in [0.05, 0.1) is 13.2 Å². The van der Waals surface area contributed by atoms with E-state index in [0.29, 0.717) is 0 Å². The van der Waals surface area contributed by atoms with Crippen LogP contribution in [0.15, 0.2) is 12.4 Å². The van der Waals surface area contributed by atoms with Gasteiger partial charge in [-0.2, -0.15) is 0 Å². The van der Waals surface area contributed by atoms with Gasteiger partial charge in [-0.25, -0.2) is 9.97 Å². The molecule has 6 heteroatoms. The van der Waals surface area contributed by atoms with Gasteiger partial charge in [0, 0.05) is 31.0 Å². The molecule has 0 aliphatic rings. The van der Waals surface area contributed by atoms with Gasteiger partial charge in [-0.15, -0.1) is 11.6 Å². The van der Waals surface area contributed by atoms with Crippen LogP contribution < -0.4 is 0 Å². The summed E-state index contributed by atoms with van der Waals surface area (Å²) >= 11 is 5.98. The Labute approximate surface area is 143 Å². The first-order valence-corrected chi connectivity index (χ1v) is 11.1. The third-order valence-electron chi connectivity index (χ3n) is 4.00. The molecule has 1 aromatic heterocycles. The Balaban J connectivity index is 0.00000211. The Bertz CT molecular complexity index is 419. The van der Waals surface area contributed by atoms with Gasteiger partial charge in [-0.05, 0) is 31.5 Å². The van der Waals surface area contributed by atoms with E-state index in [-0.39, 0.29) is 10.4 Å². The van der Waals surface area contributed by atoms with Crippen molar-refractivity contribution in [2.75, 3.05) is 6.61 Å². The van der Waals surface area contributed by atoms with Crippen molar-refractivity contribution in [1.82, 2.24) is 9.97 Å². The van der Waals surface area contributed by atoms with E-state index >= 15 is 0 Å². The lowest BCUT2D eigenvalue weighted by Gasteiger charge is -2.36. The van der Waals surface area contributed by atoms with Crippen LogP contribution in [-0.2, 0) is 10.8 Å². The summed E-state index contributed by atoms with van der Waals surface area (Å²) in [4.78, 5) is 8.69. The number of aromatic nitrogens is 2. The van der Waals surface area contributed by atoms with Crippen molar-refractivity contribution in [1.29, 1.82) is 0 Å². The maximum absolute atomic E-state index is 6.14. The quantitative estimate of drug-likeness (QED) is 0.418. The summed E-state index contributed by atoms with van der Waals surface area (Å²) < 4.78 is 6.14. The molecule has 0 aliphatic heterocycles. The average molecular weight is 341 g/mol. The van der Waals surface area contributed by atoms with E-state index in [1.165, 1.54) is 6.82 Å². The first kappa shape index (κ1) is 21.6. The zero-order valence-corrected chi connectivity index (χ0v) is 16.9. The smallest absolute Gasteiger partial charge is 0.191 e. The van der Waals surface area contributed by atoms with Crippen LogP contribution in [0.25, 0.3) is 0 Å². The Kier molecular flexibility index (Phi) is 9.51. The van der Waals surface area contributed by atoms with E-state index in [9.17, 15) is 0 Å². The first-order chi connectivity index (χ1) is 10.1. The van der Waals surface area contributed by atoms with Gasteiger partial charge in [-0.1, -0.05) is 27.6 Å². The molecule has 2 radical (unpaired) electrons. The number of alkyl halides is 1. The van der Waals surface area contributed by atoms with Crippen LogP contribution in [0, 0.1) is 0 Å². The first-order valence-electron chi connectivity index (χ1n) is 7.80. The van der Waals surface area contributed by atoms with Gasteiger partial charge >= 0.3 is 0 Å². The highest BCUT2D eigenvalue weighted by molar-refractivity contribution is 6.74. The number of nitrogens with zero attached hydrogens (tertiary/aromatic N) is 2. The summed E-state index contributed by atoms with van der Waals surface area (Å²) in [7, 11) is 2.87. The van der Waals surface area contributed by atoms with Crippen LogP contribution in [0.5, 0.6) is 0 Å². The van der Waals surface area contributed by atoms with Crippen molar-refractivity contribution in [2.45, 2.75) is 70.9 Å². The summed E-state index contributed by atoms with van der Waals surface area (Å²) in [6, 6.07) is 0. The van der Waals surface area contributed by atoms with Crippen LogP contribution in [0.3, 0.4) is 0 Å². The highest BCUT2D eigenvalue weighted by Crippen LogP contribution is 2.36. The Hall–Kier alpha value is -0.388. The van der Waals surface area contributed by atoms with Crippen LogP contribution in [-0.4, -0.2) is 32.7 Å². The van der Waals surface area contributed by atoms with Crippen LogP contribution >= 0.6 is 11.6 Å². The lowest BCUT2D eigenvalue weighted by atomic mass is 10.2. The lowest BCUT2D eigenvalue weighted by Crippen LogP contribution is -2.41. The van der Waals surface area contributed by atoms with Gasteiger partial charge in [0.15, 0.2) is 8.32 Å². The van der Waals surface area contributed by atoms with E-state index < -0.39 is 8.32 Å². The zero-order chi connectivity index (χ0) is 17.4. The summed E-state index contributed by atoms with van der Waals surface area (Å²) in [5, 5.41) is 0.229. The summed E-state index contributed by atoms with van der Waals surface area (Å²) in [6.45, 7) is 15.5. The normalized spacial score (nSPS) is 13.3. The van der Waals surface area contributed by atoms with Crippen LogP contribution in [0.4, 0.5) is 0 Å². The Morgan fingerprint density at radius 2 is 1.73 bits per heavy atom. The number of hydrogen-bond acceptors (Lipinski definition) is 3. The number of rotatable bonds is 6. The van der Waals surface area contributed by atoms with E-state index in [1.807, 2.05) is 19.3 Å². The molecule has 124 valence electrons. The van der Waals surface area contributed by atoms with Gasteiger partial charge in [-0.3, -0.25) is 0 Å². The molecule has 0 spiro atoms. The van der Waals surface area contributed by atoms with Crippen molar-refractivity contribution < 1.29 is 4.43 Å². The highest BCUT2D eigenvalue weighted by Gasteiger charge is 2.36. The fourth-order valence-corrected chi connectivity index (χ4v) is 2.67. The zero-order valence-electron chi connectivity index (χ0n) is 15.1. The van der Waals surface area contributed by atoms with Crippen LogP contribution in [0.2, 0.25) is 25.0 Å². The predicted octanol–water partition coefficient (Wildman–Crippen LogP) is 4.93. The second-order valence-corrected chi connectivity index (χ2v) is 12.2. The van der Waals surface area contributed by atoms with E-state index in [2.05, 4.69) is 51.7 Å². The molecule has 0 bridgehead atoms. The minimum atomic E-state index is -1.63. The van der Waals surface area contributed by atoms with Gasteiger partial charge < -0.3 is 4.43 Å². The number of hydrogen-bond donors (Lipinski definition) is 0. The summed E-state index contributed by atoms with van der Waals surface area (Å²) in [5.41, 5.74) is 0.966. The molecule has 1 unspecified atom stereocenters. The third-order valence-corrected chi connectivity index (χ3v) is 8.79. The molecular weight excluding hydrogens is 311 g/mol. The molecular formula is C16H30BClN2OSi. The van der Waals surface area contributed by atoms with Crippen molar-refractivity contribution >= 4 is 27.8 Å². The third kappa shape index (κ3) is 7.25. The second kappa shape index (κ2) is 9.68. The van der Waals surface area contributed by atoms with Crippen LogP contribution in [0.1, 0.15) is 50.9 Å². The molecule has 3 nitrogen and oxygen atoms in total. The molecule has 1 aromatic rings. The summed E-state index contributed by atoms with van der Waals surface area (Å²) in [6.07, 6.45) is 5.44. The maximum Gasteiger partial charge on any atom is 0.191 e. The van der Waals surface area contributed by atoms with E-state index in [1.54, 1.807) is 0 Å². The average Bonchev–Trinajstić information content (AvgIpc) is 2.45. The topological polar surface area (TPSA) is 35.0 Å². The standard InChI is InChI=1S/C15H27ClN2OSi.CH3B/c1-12(16)13-10-17-14(18-11-13)8-7-9-19-20(5,6)15(2,3)4;1-2/h10-12H,7-9H2,1-6H3;1H3. The van der Waals surface area contributed by atoms with Crippen molar-refractivity contribution in [3.63, 3.8) is 0 Å². The molecule has 0 saturated carbocycles. The summed E-state index contributed by atoms with van der Waals surface area (Å²) in [5.74, 6) is 0.866. The second-order valence-electron chi connectivity index (χ2n) is 6.76. The van der Waals surface area contributed by atoms with Gasteiger partial charge in [0.2, 0.25) is 0 Å².